The molecule has 122 valence electrons. The van der Waals surface area contributed by atoms with E-state index in [2.05, 4.69) is 5.32 Å². The molecule has 0 saturated carbocycles. The Kier molecular flexibility index (Phi) is 6.90. The van der Waals surface area contributed by atoms with Crippen molar-refractivity contribution in [2.45, 2.75) is 13.3 Å². The first-order chi connectivity index (χ1) is 11.1. The Morgan fingerprint density at radius 1 is 1.13 bits per heavy atom. The van der Waals surface area contributed by atoms with E-state index in [1.165, 1.54) is 0 Å². The minimum absolute atomic E-state index is 0.0564. The maximum atomic E-state index is 12.3. The summed E-state index contributed by atoms with van der Waals surface area (Å²) >= 11 is 12.0. The molecular formula is C18H20Cl2N2O. The standard InChI is InChI=1S/C18H20Cl2N2O/c1-2-22(16-6-4-3-5-7-16)18(23)13-21-11-10-14-8-9-15(19)12-17(14)20/h3-9,12,21H,2,10-11,13H2,1H3. The van der Waals surface area contributed by atoms with E-state index in [0.29, 0.717) is 29.7 Å². The molecule has 5 heteroatoms. The summed E-state index contributed by atoms with van der Waals surface area (Å²) < 4.78 is 0. The van der Waals surface area contributed by atoms with E-state index >= 15 is 0 Å². The van der Waals surface area contributed by atoms with Crippen LogP contribution in [-0.2, 0) is 11.2 Å². The molecule has 0 bridgehead atoms. The summed E-state index contributed by atoms with van der Waals surface area (Å²) in [7, 11) is 0. The van der Waals surface area contributed by atoms with Gasteiger partial charge in [0.2, 0.25) is 5.91 Å². The van der Waals surface area contributed by atoms with Gasteiger partial charge in [-0.25, -0.2) is 0 Å². The minimum Gasteiger partial charge on any atom is -0.312 e. The molecular weight excluding hydrogens is 331 g/mol. The second kappa shape index (κ2) is 8.92. The van der Waals surface area contributed by atoms with Gasteiger partial charge in [0.15, 0.2) is 0 Å². The Morgan fingerprint density at radius 2 is 1.87 bits per heavy atom. The van der Waals surface area contributed by atoms with Gasteiger partial charge in [-0.1, -0.05) is 47.5 Å². The number of nitrogens with one attached hydrogen (secondary N) is 1. The van der Waals surface area contributed by atoms with Gasteiger partial charge in [-0.15, -0.1) is 0 Å². The zero-order chi connectivity index (χ0) is 16.7. The lowest BCUT2D eigenvalue weighted by molar-refractivity contribution is -0.117. The Bertz CT molecular complexity index is 647. The zero-order valence-corrected chi connectivity index (χ0v) is 14.6. The fraction of sp³-hybridized carbons (Fsp3) is 0.278. The van der Waals surface area contributed by atoms with Crippen molar-refractivity contribution in [3.8, 4) is 0 Å². The number of hydrogen-bond acceptors (Lipinski definition) is 2. The molecule has 2 aromatic rings. The van der Waals surface area contributed by atoms with Gasteiger partial charge in [0.25, 0.3) is 0 Å². The number of rotatable bonds is 7. The largest absolute Gasteiger partial charge is 0.312 e. The van der Waals surface area contributed by atoms with Crippen LogP contribution in [0.25, 0.3) is 0 Å². The molecule has 0 aliphatic heterocycles. The van der Waals surface area contributed by atoms with Crippen molar-refractivity contribution in [1.29, 1.82) is 0 Å². The first kappa shape index (κ1) is 17.8. The molecule has 0 spiro atoms. The van der Waals surface area contributed by atoms with Crippen LogP contribution in [-0.4, -0.2) is 25.5 Å². The highest BCUT2D eigenvalue weighted by Crippen LogP contribution is 2.21. The Balaban J connectivity index is 1.82. The molecule has 2 rings (SSSR count). The lowest BCUT2D eigenvalue weighted by atomic mass is 10.1. The van der Waals surface area contributed by atoms with Crippen LogP contribution >= 0.6 is 23.2 Å². The molecule has 0 unspecified atom stereocenters. The third kappa shape index (κ3) is 5.24. The van der Waals surface area contributed by atoms with Crippen molar-refractivity contribution >= 4 is 34.8 Å². The van der Waals surface area contributed by atoms with Crippen LogP contribution in [0.4, 0.5) is 5.69 Å². The third-order valence-electron chi connectivity index (χ3n) is 3.55. The maximum absolute atomic E-state index is 12.3. The Hall–Kier alpha value is -1.55. The van der Waals surface area contributed by atoms with E-state index in [9.17, 15) is 4.79 Å². The van der Waals surface area contributed by atoms with Crippen LogP contribution in [0, 0.1) is 0 Å². The van der Waals surface area contributed by atoms with Gasteiger partial charge in [-0.05, 0) is 49.7 Å². The second-order valence-corrected chi connectivity index (χ2v) is 5.98. The summed E-state index contributed by atoms with van der Waals surface area (Å²) in [5.41, 5.74) is 1.94. The van der Waals surface area contributed by atoms with Crippen molar-refractivity contribution in [3.63, 3.8) is 0 Å². The molecule has 0 saturated heterocycles. The highest BCUT2D eigenvalue weighted by Gasteiger charge is 2.12. The number of nitrogens with zero attached hydrogens (tertiary/aromatic N) is 1. The number of anilines is 1. The Labute approximate surface area is 147 Å². The highest BCUT2D eigenvalue weighted by atomic mass is 35.5. The molecule has 0 aromatic heterocycles. The summed E-state index contributed by atoms with van der Waals surface area (Å²) in [6, 6.07) is 15.2. The molecule has 0 radical (unpaired) electrons. The quantitative estimate of drug-likeness (QED) is 0.759. The van der Waals surface area contributed by atoms with E-state index < -0.39 is 0 Å². The summed E-state index contributed by atoms with van der Waals surface area (Å²) in [4.78, 5) is 14.1. The van der Waals surface area contributed by atoms with Crippen LogP contribution in [0.3, 0.4) is 0 Å². The minimum atomic E-state index is 0.0564. The van der Waals surface area contributed by atoms with Gasteiger partial charge in [-0.3, -0.25) is 4.79 Å². The lowest BCUT2D eigenvalue weighted by Crippen LogP contribution is -2.38. The molecule has 2 aromatic carbocycles. The molecule has 0 atom stereocenters. The zero-order valence-electron chi connectivity index (χ0n) is 13.1. The molecule has 0 aliphatic carbocycles. The predicted molar refractivity (Wildman–Crippen MR) is 97.5 cm³/mol. The summed E-state index contributed by atoms with van der Waals surface area (Å²) in [5, 5.41) is 4.46. The van der Waals surface area contributed by atoms with Crippen molar-refractivity contribution in [3.05, 3.63) is 64.1 Å². The predicted octanol–water partition coefficient (Wildman–Crippen LogP) is 4.18. The SMILES string of the molecule is CCN(C(=O)CNCCc1ccc(Cl)cc1Cl)c1ccccc1. The summed E-state index contributed by atoms with van der Waals surface area (Å²) in [5.74, 6) is 0.0564. The van der Waals surface area contributed by atoms with Gasteiger partial charge in [-0.2, -0.15) is 0 Å². The number of carbonyl (C=O) groups is 1. The van der Waals surface area contributed by atoms with Crippen molar-refractivity contribution < 1.29 is 4.79 Å². The molecule has 1 amide bonds. The van der Waals surface area contributed by atoms with E-state index in [1.54, 1.807) is 11.0 Å². The monoisotopic (exact) mass is 350 g/mol. The molecule has 23 heavy (non-hydrogen) atoms. The van der Waals surface area contributed by atoms with Gasteiger partial charge >= 0.3 is 0 Å². The topological polar surface area (TPSA) is 32.3 Å². The molecule has 1 N–H and O–H groups in total. The summed E-state index contributed by atoms with van der Waals surface area (Å²) in [6.07, 6.45) is 0.751. The molecule has 0 heterocycles. The van der Waals surface area contributed by atoms with E-state index in [4.69, 9.17) is 23.2 Å². The average molecular weight is 351 g/mol. The maximum Gasteiger partial charge on any atom is 0.240 e. The van der Waals surface area contributed by atoms with Crippen molar-refractivity contribution in [1.82, 2.24) is 5.32 Å². The van der Waals surface area contributed by atoms with Crippen LogP contribution in [0.2, 0.25) is 10.0 Å². The summed E-state index contributed by atoms with van der Waals surface area (Å²) in [6.45, 7) is 3.60. The second-order valence-electron chi connectivity index (χ2n) is 5.14. The number of para-hydroxylation sites is 1. The van der Waals surface area contributed by atoms with Crippen LogP contribution in [0.5, 0.6) is 0 Å². The molecule has 0 fully saturated rings. The van der Waals surface area contributed by atoms with Gasteiger partial charge in [0.1, 0.15) is 0 Å². The van der Waals surface area contributed by atoms with E-state index in [0.717, 1.165) is 17.7 Å². The van der Waals surface area contributed by atoms with E-state index in [-0.39, 0.29) is 5.91 Å². The number of hydrogen-bond donors (Lipinski definition) is 1. The normalized spacial score (nSPS) is 10.6. The van der Waals surface area contributed by atoms with E-state index in [1.807, 2.05) is 49.4 Å². The fourth-order valence-corrected chi connectivity index (χ4v) is 2.85. The number of carbonyl (C=O) groups excluding carboxylic acids is 1. The Morgan fingerprint density at radius 3 is 2.52 bits per heavy atom. The van der Waals surface area contributed by atoms with Crippen LogP contribution < -0.4 is 10.2 Å². The van der Waals surface area contributed by atoms with Crippen molar-refractivity contribution in [2.24, 2.45) is 0 Å². The third-order valence-corrected chi connectivity index (χ3v) is 4.13. The number of amides is 1. The first-order valence-electron chi connectivity index (χ1n) is 7.62. The number of halogens is 2. The van der Waals surface area contributed by atoms with Crippen LogP contribution in [0.1, 0.15) is 12.5 Å². The van der Waals surface area contributed by atoms with Gasteiger partial charge in [0, 0.05) is 22.3 Å². The first-order valence-corrected chi connectivity index (χ1v) is 8.37. The van der Waals surface area contributed by atoms with Crippen molar-refractivity contribution in [2.75, 3.05) is 24.5 Å². The molecule has 3 nitrogen and oxygen atoms in total. The van der Waals surface area contributed by atoms with Crippen LogP contribution in [0.15, 0.2) is 48.5 Å². The van der Waals surface area contributed by atoms with Gasteiger partial charge < -0.3 is 10.2 Å². The molecule has 0 aliphatic rings. The van der Waals surface area contributed by atoms with Gasteiger partial charge in [0.05, 0.1) is 6.54 Å². The number of benzene rings is 2. The smallest absolute Gasteiger partial charge is 0.240 e. The highest BCUT2D eigenvalue weighted by molar-refractivity contribution is 6.35. The average Bonchev–Trinajstić information content (AvgIpc) is 2.55. The lowest BCUT2D eigenvalue weighted by Gasteiger charge is -2.21. The fourth-order valence-electron chi connectivity index (χ4n) is 2.35. The number of likely N-dealkylation sites (N-methyl/N-ethyl adjacent to an activating group) is 1.